The van der Waals surface area contributed by atoms with Crippen molar-refractivity contribution in [3.63, 3.8) is 0 Å². The van der Waals surface area contributed by atoms with E-state index >= 15 is 0 Å². The van der Waals surface area contributed by atoms with E-state index in [1.807, 2.05) is 0 Å². The normalized spacial score (nSPS) is 20.0. The van der Waals surface area contributed by atoms with E-state index in [9.17, 15) is 9.18 Å². The molecule has 1 saturated heterocycles. The Balaban J connectivity index is 2.45. The molecular weight excluding hydrogens is 159 g/mol. The smallest absolute Gasteiger partial charge is 0.245 e. The summed E-state index contributed by atoms with van der Waals surface area (Å²) < 4.78 is 12.4. The third kappa shape index (κ3) is 1.34. The first-order valence-corrected chi connectivity index (χ1v) is 3.85. The summed E-state index contributed by atoms with van der Waals surface area (Å²) in [4.78, 5) is 12.5. The second-order valence-electron chi connectivity index (χ2n) is 3.24. The number of nitrogens with two attached hydrogens (primary N) is 1. The third-order valence-corrected chi connectivity index (χ3v) is 2.26. The van der Waals surface area contributed by atoms with Crippen LogP contribution in [0.3, 0.4) is 0 Å². The van der Waals surface area contributed by atoms with Crippen molar-refractivity contribution in [1.82, 2.24) is 4.90 Å². The highest BCUT2D eigenvalue weighted by molar-refractivity contribution is 5.87. The highest BCUT2D eigenvalue weighted by Gasteiger charge is 2.43. The van der Waals surface area contributed by atoms with Crippen molar-refractivity contribution in [1.29, 1.82) is 0 Å². The van der Waals surface area contributed by atoms with Crippen LogP contribution >= 0.6 is 0 Å². The van der Waals surface area contributed by atoms with Gasteiger partial charge in [-0.3, -0.25) is 9.18 Å². The predicted molar refractivity (Wildman–Crippen MR) is 44.2 cm³/mol. The number of carbonyl (C=O) groups excluding carboxylic acids is 1. The topological polar surface area (TPSA) is 46.3 Å². The largest absolute Gasteiger partial charge is 0.338 e. The van der Waals surface area contributed by atoms with Gasteiger partial charge in [0.2, 0.25) is 5.91 Å². The van der Waals surface area contributed by atoms with E-state index in [2.05, 4.69) is 6.58 Å². The minimum atomic E-state index is -0.474. The number of carbonyl (C=O) groups is 1. The molecule has 0 aromatic rings. The van der Waals surface area contributed by atoms with E-state index in [-0.39, 0.29) is 5.91 Å². The van der Waals surface area contributed by atoms with Crippen molar-refractivity contribution in [2.75, 3.05) is 26.3 Å². The highest BCUT2D eigenvalue weighted by atomic mass is 19.1. The second kappa shape index (κ2) is 3.23. The molecule has 1 rings (SSSR count). The fraction of sp³-hybridized carbons (Fsp3) is 0.625. The molecule has 0 aromatic carbocycles. The molecule has 1 heterocycles. The van der Waals surface area contributed by atoms with Gasteiger partial charge in [0.1, 0.15) is 0 Å². The lowest BCUT2D eigenvalue weighted by atomic mass is 9.81. The number of nitrogens with zero attached hydrogens (tertiary/aromatic N) is 1. The zero-order valence-electron chi connectivity index (χ0n) is 6.92. The van der Waals surface area contributed by atoms with Crippen LogP contribution in [-0.4, -0.2) is 37.1 Å². The summed E-state index contributed by atoms with van der Waals surface area (Å²) in [6.45, 7) is 4.03. The minimum absolute atomic E-state index is 0.146. The van der Waals surface area contributed by atoms with E-state index < -0.39 is 12.1 Å². The van der Waals surface area contributed by atoms with E-state index in [0.717, 1.165) is 0 Å². The molecule has 1 amide bonds. The fourth-order valence-corrected chi connectivity index (χ4v) is 1.32. The SMILES string of the molecule is C=CC(=O)N1CC(CN)(CF)C1. The molecule has 0 bridgehead atoms. The number of hydrogen-bond acceptors (Lipinski definition) is 2. The zero-order chi connectivity index (χ0) is 9.19. The number of alkyl halides is 1. The molecule has 0 saturated carbocycles. The number of likely N-dealkylation sites (tertiary alicyclic amines) is 1. The molecule has 2 N–H and O–H groups in total. The van der Waals surface area contributed by atoms with E-state index in [4.69, 9.17) is 5.73 Å². The Morgan fingerprint density at radius 3 is 2.67 bits per heavy atom. The average molecular weight is 172 g/mol. The van der Waals surface area contributed by atoms with Gasteiger partial charge in [-0.15, -0.1) is 0 Å². The number of amides is 1. The van der Waals surface area contributed by atoms with Crippen molar-refractivity contribution in [2.45, 2.75) is 0 Å². The highest BCUT2D eigenvalue weighted by Crippen LogP contribution is 2.29. The first kappa shape index (κ1) is 9.19. The van der Waals surface area contributed by atoms with Crippen LogP contribution in [0.25, 0.3) is 0 Å². The van der Waals surface area contributed by atoms with Crippen molar-refractivity contribution < 1.29 is 9.18 Å². The summed E-state index contributed by atoms with van der Waals surface area (Å²) >= 11 is 0. The molecule has 1 aliphatic heterocycles. The van der Waals surface area contributed by atoms with Crippen molar-refractivity contribution in [3.05, 3.63) is 12.7 Å². The summed E-state index contributed by atoms with van der Waals surface area (Å²) in [5.74, 6) is -0.146. The van der Waals surface area contributed by atoms with Crippen LogP contribution < -0.4 is 5.73 Å². The fourth-order valence-electron chi connectivity index (χ4n) is 1.32. The second-order valence-corrected chi connectivity index (χ2v) is 3.24. The third-order valence-electron chi connectivity index (χ3n) is 2.26. The van der Waals surface area contributed by atoms with E-state index in [1.54, 1.807) is 4.90 Å². The summed E-state index contributed by atoms with van der Waals surface area (Å²) in [5, 5.41) is 0. The Morgan fingerprint density at radius 1 is 1.75 bits per heavy atom. The summed E-state index contributed by atoms with van der Waals surface area (Å²) in [7, 11) is 0. The van der Waals surface area contributed by atoms with Crippen LogP contribution in [0.1, 0.15) is 0 Å². The maximum atomic E-state index is 12.4. The van der Waals surface area contributed by atoms with Gasteiger partial charge in [0, 0.05) is 25.0 Å². The summed E-state index contributed by atoms with van der Waals surface area (Å²) in [6, 6.07) is 0. The molecule has 0 atom stereocenters. The Morgan fingerprint density at radius 2 is 2.33 bits per heavy atom. The van der Waals surface area contributed by atoms with Crippen molar-refractivity contribution >= 4 is 5.91 Å². The maximum absolute atomic E-state index is 12.4. The van der Waals surface area contributed by atoms with Crippen LogP contribution in [0.15, 0.2) is 12.7 Å². The first-order chi connectivity index (χ1) is 5.67. The monoisotopic (exact) mass is 172 g/mol. The summed E-state index contributed by atoms with van der Waals surface area (Å²) in [5.41, 5.74) is 4.91. The standard InChI is InChI=1S/C8H13FN2O/c1-2-7(12)11-5-8(3-9,4-10)6-11/h2H,1,3-6,10H2. The lowest BCUT2D eigenvalue weighted by molar-refractivity contribution is -0.138. The molecular formula is C8H13FN2O. The number of halogens is 1. The zero-order valence-corrected chi connectivity index (χ0v) is 6.92. The Bertz CT molecular complexity index is 193. The van der Waals surface area contributed by atoms with Crippen molar-refractivity contribution in [2.24, 2.45) is 11.1 Å². The molecule has 0 unspecified atom stereocenters. The Labute approximate surface area is 71.0 Å². The molecule has 4 heteroatoms. The first-order valence-electron chi connectivity index (χ1n) is 3.85. The van der Waals surface area contributed by atoms with Crippen LogP contribution in [0.2, 0.25) is 0 Å². The van der Waals surface area contributed by atoms with Gasteiger partial charge >= 0.3 is 0 Å². The van der Waals surface area contributed by atoms with E-state index in [0.29, 0.717) is 19.6 Å². The lowest BCUT2D eigenvalue weighted by Gasteiger charge is -2.47. The minimum Gasteiger partial charge on any atom is -0.338 e. The molecule has 1 aliphatic rings. The van der Waals surface area contributed by atoms with Gasteiger partial charge in [0.05, 0.1) is 6.67 Å². The number of rotatable bonds is 3. The molecule has 3 nitrogen and oxygen atoms in total. The van der Waals surface area contributed by atoms with Crippen LogP contribution in [0, 0.1) is 5.41 Å². The van der Waals surface area contributed by atoms with Gasteiger partial charge in [-0.25, -0.2) is 0 Å². The van der Waals surface area contributed by atoms with Gasteiger partial charge in [0.15, 0.2) is 0 Å². The van der Waals surface area contributed by atoms with Gasteiger partial charge in [-0.2, -0.15) is 0 Å². The van der Waals surface area contributed by atoms with E-state index in [1.165, 1.54) is 6.08 Å². The maximum Gasteiger partial charge on any atom is 0.245 e. The average Bonchev–Trinajstić information content (AvgIpc) is 2.04. The molecule has 12 heavy (non-hydrogen) atoms. The molecule has 1 fully saturated rings. The Kier molecular flexibility index (Phi) is 2.47. The van der Waals surface area contributed by atoms with Crippen LogP contribution in [-0.2, 0) is 4.79 Å². The molecule has 0 aromatic heterocycles. The van der Waals surface area contributed by atoms with Gasteiger partial charge < -0.3 is 10.6 Å². The quantitative estimate of drug-likeness (QED) is 0.606. The van der Waals surface area contributed by atoms with Crippen molar-refractivity contribution in [3.8, 4) is 0 Å². The van der Waals surface area contributed by atoms with Crippen LogP contribution in [0.4, 0.5) is 4.39 Å². The van der Waals surface area contributed by atoms with Gasteiger partial charge in [-0.05, 0) is 6.08 Å². The van der Waals surface area contributed by atoms with Gasteiger partial charge in [-0.1, -0.05) is 6.58 Å². The van der Waals surface area contributed by atoms with Gasteiger partial charge in [0.25, 0.3) is 0 Å². The van der Waals surface area contributed by atoms with Crippen LogP contribution in [0.5, 0.6) is 0 Å². The molecule has 68 valence electrons. The molecule has 0 aliphatic carbocycles. The Hall–Kier alpha value is -0.900. The predicted octanol–water partition coefficient (Wildman–Crippen LogP) is -0.0708. The number of hydrogen-bond donors (Lipinski definition) is 1. The lowest BCUT2D eigenvalue weighted by Crippen LogP contribution is -2.62. The summed E-state index contributed by atoms with van der Waals surface area (Å²) in [6.07, 6.45) is 1.23. The molecule has 0 spiro atoms. The molecule has 0 radical (unpaired) electrons.